The molecular formula is C10H9ClN4O2. The summed E-state index contributed by atoms with van der Waals surface area (Å²) in [5, 5.41) is 6.46. The fraction of sp³-hybridized carbons (Fsp3) is 0.100. The van der Waals surface area contributed by atoms with Gasteiger partial charge < -0.3 is 15.6 Å². The van der Waals surface area contributed by atoms with Crippen LogP contribution in [0.4, 0.5) is 5.69 Å². The van der Waals surface area contributed by atoms with E-state index in [1.807, 2.05) is 0 Å². The summed E-state index contributed by atoms with van der Waals surface area (Å²) >= 11 is 5.89. The Labute approximate surface area is 102 Å². The van der Waals surface area contributed by atoms with Crippen molar-refractivity contribution in [2.45, 2.75) is 6.54 Å². The molecule has 1 amide bonds. The van der Waals surface area contributed by atoms with E-state index in [2.05, 4.69) is 20.0 Å². The molecule has 0 bridgehead atoms. The van der Waals surface area contributed by atoms with Gasteiger partial charge in [-0.1, -0.05) is 22.8 Å². The van der Waals surface area contributed by atoms with Crippen molar-refractivity contribution in [3.05, 3.63) is 41.0 Å². The molecule has 0 atom stereocenters. The molecule has 0 unspecified atom stereocenters. The van der Waals surface area contributed by atoms with E-state index in [1.165, 1.54) is 6.39 Å². The predicted molar refractivity (Wildman–Crippen MR) is 61.3 cm³/mol. The highest BCUT2D eigenvalue weighted by Crippen LogP contribution is 2.21. The molecule has 0 fully saturated rings. The molecule has 0 saturated carbocycles. The molecule has 0 radical (unpaired) electrons. The number of nitrogens with two attached hydrogens (primary N) is 1. The van der Waals surface area contributed by atoms with Gasteiger partial charge in [0.15, 0.2) is 5.82 Å². The van der Waals surface area contributed by atoms with Crippen LogP contribution in [0.5, 0.6) is 0 Å². The molecule has 88 valence electrons. The number of rotatable bonds is 3. The van der Waals surface area contributed by atoms with Crippen molar-refractivity contribution in [3.63, 3.8) is 0 Å². The lowest BCUT2D eigenvalue weighted by molar-refractivity contribution is 0.0950. The number of amides is 1. The van der Waals surface area contributed by atoms with Gasteiger partial charge in [-0.2, -0.15) is 4.98 Å². The number of hydrogen-bond acceptors (Lipinski definition) is 5. The Morgan fingerprint density at radius 2 is 2.35 bits per heavy atom. The SMILES string of the molecule is Nc1cccc(Cl)c1C(=O)NCc1ncon1. The maximum Gasteiger partial charge on any atom is 0.255 e. The molecule has 6 nitrogen and oxygen atoms in total. The summed E-state index contributed by atoms with van der Waals surface area (Å²) in [6.45, 7) is 0.153. The smallest absolute Gasteiger partial charge is 0.255 e. The Bertz CT molecular complexity index is 507. The fourth-order valence-electron chi connectivity index (χ4n) is 1.30. The maximum absolute atomic E-state index is 11.8. The average molecular weight is 253 g/mol. The van der Waals surface area contributed by atoms with Gasteiger partial charge >= 0.3 is 0 Å². The molecular weight excluding hydrogens is 244 g/mol. The van der Waals surface area contributed by atoms with Gasteiger partial charge in [0.05, 0.1) is 17.1 Å². The van der Waals surface area contributed by atoms with Crippen LogP contribution in [0, 0.1) is 0 Å². The van der Waals surface area contributed by atoms with Crippen LogP contribution >= 0.6 is 11.6 Å². The summed E-state index contributed by atoms with van der Waals surface area (Å²) in [4.78, 5) is 15.6. The molecule has 0 aliphatic rings. The van der Waals surface area contributed by atoms with Gasteiger partial charge in [0, 0.05) is 5.69 Å². The fourth-order valence-corrected chi connectivity index (χ4v) is 1.57. The number of halogens is 1. The topological polar surface area (TPSA) is 94.0 Å². The van der Waals surface area contributed by atoms with Crippen LogP contribution in [0.1, 0.15) is 16.2 Å². The van der Waals surface area contributed by atoms with Crippen LogP contribution in [-0.4, -0.2) is 16.0 Å². The van der Waals surface area contributed by atoms with E-state index in [4.69, 9.17) is 17.3 Å². The molecule has 17 heavy (non-hydrogen) atoms. The third kappa shape index (κ3) is 2.54. The standard InChI is InChI=1S/C10H9ClN4O2/c11-6-2-1-3-7(12)9(6)10(16)13-4-8-14-5-17-15-8/h1-3,5H,4,12H2,(H,13,16). The van der Waals surface area contributed by atoms with E-state index in [1.54, 1.807) is 18.2 Å². The van der Waals surface area contributed by atoms with Crippen LogP contribution in [0.2, 0.25) is 5.02 Å². The van der Waals surface area contributed by atoms with Crippen LogP contribution in [0.15, 0.2) is 29.1 Å². The minimum atomic E-state index is -0.377. The molecule has 3 N–H and O–H groups in total. The van der Waals surface area contributed by atoms with Gasteiger partial charge in [0.25, 0.3) is 5.91 Å². The highest BCUT2D eigenvalue weighted by molar-refractivity contribution is 6.34. The second kappa shape index (κ2) is 4.84. The zero-order valence-corrected chi connectivity index (χ0v) is 9.44. The van der Waals surface area contributed by atoms with E-state index in [9.17, 15) is 4.79 Å². The van der Waals surface area contributed by atoms with E-state index < -0.39 is 0 Å². The van der Waals surface area contributed by atoms with Crippen molar-refractivity contribution < 1.29 is 9.32 Å². The molecule has 1 aromatic carbocycles. The first-order valence-corrected chi connectivity index (χ1v) is 5.13. The third-order valence-electron chi connectivity index (χ3n) is 2.09. The minimum Gasteiger partial charge on any atom is -0.398 e. The van der Waals surface area contributed by atoms with Gasteiger partial charge in [-0.05, 0) is 12.1 Å². The second-order valence-electron chi connectivity index (χ2n) is 3.23. The number of carbonyl (C=O) groups is 1. The highest BCUT2D eigenvalue weighted by Gasteiger charge is 2.13. The molecule has 2 aromatic rings. The number of aromatic nitrogens is 2. The number of carbonyl (C=O) groups excluding carboxylic acids is 1. The summed E-state index contributed by atoms with van der Waals surface area (Å²) in [6, 6.07) is 4.88. The molecule has 1 aromatic heterocycles. The van der Waals surface area contributed by atoms with Crippen molar-refractivity contribution in [2.24, 2.45) is 0 Å². The summed E-state index contributed by atoms with van der Waals surface area (Å²) in [6.07, 6.45) is 1.19. The first-order valence-electron chi connectivity index (χ1n) is 4.76. The maximum atomic E-state index is 11.8. The number of benzene rings is 1. The van der Waals surface area contributed by atoms with Crippen molar-refractivity contribution in [2.75, 3.05) is 5.73 Å². The van der Waals surface area contributed by atoms with Crippen LogP contribution in [0.25, 0.3) is 0 Å². The van der Waals surface area contributed by atoms with Crippen molar-refractivity contribution in [1.29, 1.82) is 0 Å². The summed E-state index contributed by atoms with van der Waals surface area (Å²) < 4.78 is 4.54. The lowest BCUT2D eigenvalue weighted by Gasteiger charge is -2.07. The van der Waals surface area contributed by atoms with E-state index in [0.29, 0.717) is 16.5 Å². The van der Waals surface area contributed by atoms with E-state index >= 15 is 0 Å². The first-order chi connectivity index (χ1) is 8.18. The Kier molecular flexibility index (Phi) is 3.24. The van der Waals surface area contributed by atoms with Gasteiger partial charge in [0.1, 0.15) is 0 Å². The van der Waals surface area contributed by atoms with Crippen molar-refractivity contribution >= 4 is 23.2 Å². The zero-order chi connectivity index (χ0) is 12.3. The number of nitrogens with one attached hydrogen (secondary N) is 1. The molecule has 0 aliphatic heterocycles. The third-order valence-corrected chi connectivity index (χ3v) is 2.40. The van der Waals surface area contributed by atoms with Crippen LogP contribution in [-0.2, 0) is 6.54 Å². The van der Waals surface area contributed by atoms with Crippen LogP contribution in [0.3, 0.4) is 0 Å². The summed E-state index contributed by atoms with van der Waals surface area (Å²) in [5.41, 5.74) is 6.25. The molecule has 7 heteroatoms. The normalized spacial score (nSPS) is 10.2. The predicted octanol–water partition coefficient (Wildman–Crippen LogP) is 1.24. The number of nitrogens with zero attached hydrogens (tertiary/aromatic N) is 2. The van der Waals surface area contributed by atoms with Crippen LogP contribution < -0.4 is 11.1 Å². The number of hydrogen-bond donors (Lipinski definition) is 2. The van der Waals surface area contributed by atoms with Gasteiger partial charge in [0.2, 0.25) is 6.39 Å². The Balaban J connectivity index is 2.10. The van der Waals surface area contributed by atoms with Gasteiger partial charge in [-0.3, -0.25) is 4.79 Å². The molecule has 0 spiro atoms. The zero-order valence-electron chi connectivity index (χ0n) is 8.68. The highest BCUT2D eigenvalue weighted by atomic mass is 35.5. The average Bonchev–Trinajstić information content (AvgIpc) is 2.79. The van der Waals surface area contributed by atoms with Gasteiger partial charge in [-0.15, -0.1) is 0 Å². The Morgan fingerprint density at radius 1 is 1.53 bits per heavy atom. The molecule has 1 heterocycles. The first kappa shape index (κ1) is 11.4. The molecule has 2 rings (SSSR count). The number of nitrogen functional groups attached to an aromatic ring is 1. The Morgan fingerprint density at radius 3 is 3.00 bits per heavy atom. The van der Waals surface area contributed by atoms with Crippen molar-refractivity contribution in [1.82, 2.24) is 15.5 Å². The monoisotopic (exact) mass is 252 g/mol. The minimum absolute atomic E-state index is 0.153. The second-order valence-corrected chi connectivity index (χ2v) is 3.64. The number of anilines is 1. The Hall–Kier alpha value is -2.08. The van der Waals surface area contributed by atoms with Gasteiger partial charge in [-0.25, -0.2) is 0 Å². The van der Waals surface area contributed by atoms with E-state index in [-0.39, 0.29) is 18.0 Å². The van der Waals surface area contributed by atoms with E-state index in [0.717, 1.165) is 0 Å². The molecule has 0 saturated heterocycles. The lowest BCUT2D eigenvalue weighted by atomic mass is 10.1. The summed E-state index contributed by atoms with van der Waals surface area (Å²) in [5.74, 6) is 0.00174. The molecule has 0 aliphatic carbocycles. The lowest BCUT2D eigenvalue weighted by Crippen LogP contribution is -2.24. The quantitative estimate of drug-likeness (QED) is 0.802. The summed E-state index contributed by atoms with van der Waals surface area (Å²) in [7, 11) is 0. The largest absolute Gasteiger partial charge is 0.398 e. The van der Waals surface area contributed by atoms with Crippen molar-refractivity contribution in [3.8, 4) is 0 Å².